The molecule has 172 valence electrons. The Hall–Kier alpha value is -2.82. The highest BCUT2D eigenvalue weighted by Crippen LogP contribution is 2.27. The molecule has 32 heavy (non-hydrogen) atoms. The van der Waals surface area contributed by atoms with Crippen LogP contribution < -0.4 is 10.0 Å². The summed E-state index contributed by atoms with van der Waals surface area (Å²) in [5.41, 5.74) is 3.32. The number of ether oxygens (including phenoxy) is 1. The number of sulfonamides is 1. The fourth-order valence-corrected chi connectivity index (χ4v) is 4.51. The van der Waals surface area contributed by atoms with Crippen LogP contribution in [0.15, 0.2) is 41.4 Å². The summed E-state index contributed by atoms with van der Waals surface area (Å²) < 4.78 is 34.6. The first-order chi connectivity index (χ1) is 15.2. The van der Waals surface area contributed by atoms with Crippen LogP contribution in [0.4, 0.5) is 11.6 Å². The average molecular weight is 459 g/mol. The molecule has 0 radical (unpaired) electrons. The molecule has 0 fully saturated rings. The summed E-state index contributed by atoms with van der Waals surface area (Å²) in [7, 11) is -3.59. The molecule has 0 bridgehead atoms. The Bertz CT molecular complexity index is 1160. The molecule has 1 aromatic carbocycles. The van der Waals surface area contributed by atoms with Crippen molar-refractivity contribution in [3.63, 3.8) is 0 Å². The van der Waals surface area contributed by atoms with Crippen molar-refractivity contribution in [1.82, 2.24) is 24.2 Å². The fourth-order valence-electron chi connectivity index (χ4n) is 3.50. The standard InChI is InChI=1S/C22H30N6O3S/c1-6-31-14-13-24-32(29,30)19-9-7-18(8-10-19)26-22-23-12-11-20(27-22)21-16(4)25-17(5)28(21)15(2)3/h7-12,15,24H,6,13-14H2,1-5H3,(H,23,26,27). The molecule has 0 saturated heterocycles. The van der Waals surface area contributed by atoms with E-state index >= 15 is 0 Å². The van der Waals surface area contributed by atoms with Gasteiger partial charge in [0.1, 0.15) is 5.82 Å². The van der Waals surface area contributed by atoms with E-state index in [2.05, 4.69) is 43.4 Å². The fraction of sp³-hybridized carbons (Fsp3) is 0.409. The number of imidazole rings is 1. The van der Waals surface area contributed by atoms with Gasteiger partial charge in [0.05, 0.1) is 28.6 Å². The van der Waals surface area contributed by atoms with Crippen LogP contribution >= 0.6 is 0 Å². The third kappa shape index (κ3) is 5.50. The average Bonchev–Trinajstić information content (AvgIpc) is 3.06. The van der Waals surface area contributed by atoms with Gasteiger partial charge in [-0.1, -0.05) is 0 Å². The minimum Gasteiger partial charge on any atom is -0.380 e. The topological polar surface area (TPSA) is 111 Å². The Morgan fingerprint density at radius 2 is 1.81 bits per heavy atom. The normalized spacial score (nSPS) is 11.8. The molecule has 3 rings (SSSR count). The number of rotatable bonds is 10. The monoisotopic (exact) mass is 458 g/mol. The Kier molecular flexibility index (Phi) is 7.60. The van der Waals surface area contributed by atoms with Gasteiger partial charge < -0.3 is 14.6 Å². The molecule has 0 aliphatic heterocycles. The predicted octanol–water partition coefficient (Wildman–Crippen LogP) is 3.60. The van der Waals surface area contributed by atoms with Crippen LogP contribution in [0, 0.1) is 13.8 Å². The molecule has 10 heteroatoms. The second-order valence-corrected chi connectivity index (χ2v) is 9.33. The van der Waals surface area contributed by atoms with E-state index in [-0.39, 0.29) is 17.5 Å². The lowest BCUT2D eigenvalue weighted by Crippen LogP contribution is -2.27. The Morgan fingerprint density at radius 1 is 1.09 bits per heavy atom. The zero-order chi connectivity index (χ0) is 23.3. The number of nitrogens with one attached hydrogen (secondary N) is 2. The molecule has 2 N–H and O–H groups in total. The van der Waals surface area contributed by atoms with Crippen molar-refractivity contribution in [3.05, 3.63) is 48.0 Å². The van der Waals surface area contributed by atoms with Gasteiger partial charge in [-0.15, -0.1) is 0 Å². The van der Waals surface area contributed by atoms with Crippen LogP contribution in [-0.2, 0) is 14.8 Å². The molecule has 0 unspecified atom stereocenters. The number of nitrogens with zero attached hydrogens (tertiary/aromatic N) is 4. The number of hydrogen-bond acceptors (Lipinski definition) is 7. The molecular weight excluding hydrogens is 428 g/mol. The lowest BCUT2D eigenvalue weighted by molar-refractivity contribution is 0.153. The smallest absolute Gasteiger partial charge is 0.240 e. The molecule has 9 nitrogen and oxygen atoms in total. The largest absolute Gasteiger partial charge is 0.380 e. The second-order valence-electron chi connectivity index (χ2n) is 7.57. The summed E-state index contributed by atoms with van der Waals surface area (Å²) in [6.07, 6.45) is 1.69. The molecule has 0 aliphatic rings. The summed E-state index contributed by atoms with van der Waals surface area (Å²) in [5.74, 6) is 1.36. The van der Waals surface area contributed by atoms with Gasteiger partial charge in [0.25, 0.3) is 0 Å². The highest BCUT2D eigenvalue weighted by atomic mass is 32.2. The van der Waals surface area contributed by atoms with Gasteiger partial charge in [0, 0.05) is 31.1 Å². The van der Waals surface area contributed by atoms with Crippen LogP contribution in [0.2, 0.25) is 0 Å². The van der Waals surface area contributed by atoms with Crippen LogP contribution in [0.3, 0.4) is 0 Å². The van der Waals surface area contributed by atoms with E-state index in [1.54, 1.807) is 18.3 Å². The predicted molar refractivity (Wildman–Crippen MR) is 125 cm³/mol. The zero-order valence-corrected chi connectivity index (χ0v) is 19.9. The van der Waals surface area contributed by atoms with Gasteiger partial charge in [-0.2, -0.15) is 0 Å². The molecule has 2 aromatic heterocycles. The molecule has 0 spiro atoms. The van der Waals surface area contributed by atoms with E-state index in [0.717, 1.165) is 22.9 Å². The van der Waals surface area contributed by atoms with Gasteiger partial charge in [-0.05, 0) is 65.0 Å². The van der Waals surface area contributed by atoms with E-state index in [0.29, 0.717) is 24.8 Å². The lowest BCUT2D eigenvalue weighted by Gasteiger charge is -2.15. The third-order valence-corrected chi connectivity index (χ3v) is 6.32. The minimum atomic E-state index is -3.59. The van der Waals surface area contributed by atoms with Crippen molar-refractivity contribution >= 4 is 21.7 Å². The van der Waals surface area contributed by atoms with E-state index < -0.39 is 10.0 Å². The first-order valence-corrected chi connectivity index (χ1v) is 12.0. The first kappa shape index (κ1) is 23.8. The summed E-state index contributed by atoms with van der Waals surface area (Å²) in [6, 6.07) is 8.54. The van der Waals surface area contributed by atoms with Crippen molar-refractivity contribution < 1.29 is 13.2 Å². The molecule has 0 amide bonds. The van der Waals surface area contributed by atoms with Gasteiger partial charge in [-0.25, -0.2) is 28.1 Å². The molecular formula is C22H30N6O3S. The van der Waals surface area contributed by atoms with Crippen LogP contribution in [-0.4, -0.2) is 47.7 Å². The maximum Gasteiger partial charge on any atom is 0.240 e. The van der Waals surface area contributed by atoms with E-state index in [1.807, 2.05) is 26.8 Å². The van der Waals surface area contributed by atoms with E-state index in [4.69, 9.17) is 4.74 Å². The lowest BCUT2D eigenvalue weighted by atomic mass is 10.2. The minimum absolute atomic E-state index is 0.182. The second kappa shape index (κ2) is 10.2. The van der Waals surface area contributed by atoms with Crippen molar-refractivity contribution in [1.29, 1.82) is 0 Å². The molecule has 3 aromatic rings. The van der Waals surface area contributed by atoms with Crippen LogP contribution in [0.25, 0.3) is 11.4 Å². The SMILES string of the molecule is CCOCCNS(=O)(=O)c1ccc(Nc2nccc(-c3c(C)nc(C)n3C(C)C)n2)cc1. The summed E-state index contributed by atoms with van der Waals surface area (Å²) >= 11 is 0. The highest BCUT2D eigenvalue weighted by molar-refractivity contribution is 7.89. The quantitative estimate of drug-likeness (QED) is 0.447. The maximum absolute atomic E-state index is 12.4. The maximum atomic E-state index is 12.4. The van der Waals surface area contributed by atoms with Gasteiger partial charge in [-0.3, -0.25) is 0 Å². The molecule has 0 atom stereocenters. The Labute approximate surface area is 189 Å². The van der Waals surface area contributed by atoms with Crippen LogP contribution in [0.5, 0.6) is 0 Å². The van der Waals surface area contributed by atoms with Crippen LogP contribution in [0.1, 0.15) is 38.3 Å². The van der Waals surface area contributed by atoms with Gasteiger partial charge >= 0.3 is 0 Å². The van der Waals surface area contributed by atoms with Gasteiger partial charge in [0.15, 0.2) is 0 Å². The van der Waals surface area contributed by atoms with Crippen molar-refractivity contribution in [2.75, 3.05) is 25.1 Å². The number of anilines is 2. The molecule has 0 aliphatic carbocycles. The molecule has 0 saturated carbocycles. The molecule has 2 heterocycles. The number of benzene rings is 1. The highest BCUT2D eigenvalue weighted by Gasteiger charge is 2.18. The zero-order valence-electron chi connectivity index (χ0n) is 19.1. The van der Waals surface area contributed by atoms with Gasteiger partial charge in [0.2, 0.25) is 16.0 Å². The van der Waals surface area contributed by atoms with Crippen molar-refractivity contribution in [2.24, 2.45) is 0 Å². The summed E-state index contributed by atoms with van der Waals surface area (Å²) in [6.45, 7) is 11.1. The summed E-state index contributed by atoms with van der Waals surface area (Å²) in [4.78, 5) is 13.7. The number of hydrogen-bond donors (Lipinski definition) is 2. The Balaban J connectivity index is 1.77. The van der Waals surface area contributed by atoms with E-state index in [1.165, 1.54) is 12.1 Å². The van der Waals surface area contributed by atoms with Crippen molar-refractivity contribution in [3.8, 4) is 11.4 Å². The summed E-state index contributed by atoms with van der Waals surface area (Å²) in [5, 5.41) is 3.14. The number of aromatic nitrogens is 4. The number of aryl methyl sites for hydroxylation is 2. The van der Waals surface area contributed by atoms with Crippen molar-refractivity contribution in [2.45, 2.75) is 45.6 Å². The Morgan fingerprint density at radius 3 is 2.47 bits per heavy atom. The van der Waals surface area contributed by atoms with E-state index in [9.17, 15) is 8.42 Å². The third-order valence-electron chi connectivity index (χ3n) is 4.84. The first-order valence-electron chi connectivity index (χ1n) is 10.6.